The topological polar surface area (TPSA) is 97.7 Å². The minimum Gasteiger partial charge on any atom is -0.475 e. The summed E-state index contributed by atoms with van der Waals surface area (Å²) in [5, 5.41) is 8.41. The lowest BCUT2D eigenvalue weighted by molar-refractivity contribution is -0.141. The first kappa shape index (κ1) is 18.8. The third-order valence-electron chi connectivity index (χ3n) is 2.98. The Morgan fingerprint density at radius 3 is 1.96 bits per heavy atom. The highest BCUT2D eigenvalue weighted by atomic mass is 16.5. The van der Waals surface area contributed by atoms with E-state index in [0.717, 1.165) is 5.56 Å². The molecule has 0 spiro atoms. The second-order valence-electron chi connectivity index (χ2n) is 4.75. The van der Waals surface area contributed by atoms with Crippen LogP contribution in [0.15, 0.2) is 48.5 Å². The molecule has 6 nitrogen and oxygen atoms in total. The van der Waals surface area contributed by atoms with E-state index in [1.54, 1.807) is 50.2 Å². The molecule has 0 bridgehead atoms. The zero-order chi connectivity index (χ0) is 18.1. The summed E-state index contributed by atoms with van der Waals surface area (Å²) in [5.41, 5.74) is 1.77. The average molecular weight is 328 g/mol. The smallest absolute Gasteiger partial charge is 0.377 e. The number of Topliss-reactive ketones (excluding diaryl/α,β-unsaturated/α-hetero) is 1. The summed E-state index contributed by atoms with van der Waals surface area (Å²) in [6, 6.07) is 13.6. The molecular formula is C18H16O6. The van der Waals surface area contributed by atoms with Crippen molar-refractivity contribution in [1.29, 1.82) is 0 Å². The number of aldehydes is 1. The van der Waals surface area contributed by atoms with Gasteiger partial charge in [0.25, 0.3) is 5.78 Å². The number of rotatable bonds is 4. The number of carbonyl (C=O) groups is 4. The SMILES string of the molecule is Cc1ccccc1C(=O)C(=O)O.Cc1ccccc1OC(=O)C=O. The molecule has 0 fully saturated rings. The first-order valence-electron chi connectivity index (χ1n) is 6.92. The van der Waals surface area contributed by atoms with E-state index in [1.807, 2.05) is 6.07 Å². The van der Waals surface area contributed by atoms with Gasteiger partial charge in [0, 0.05) is 5.56 Å². The van der Waals surface area contributed by atoms with Crippen LogP contribution >= 0.6 is 0 Å². The number of carboxylic acids is 1. The van der Waals surface area contributed by atoms with Crippen LogP contribution in [0.5, 0.6) is 5.75 Å². The van der Waals surface area contributed by atoms with Gasteiger partial charge in [-0.05, 0) is 31.0 Å². The van der Waals surface area contributed by atoms with Gasteiger partial charge in [0.1, 0.15) is 5.75 Å². The molecule has 0 saturated carbocycles. The van der Waals surface area contributed by atoms with Gasteiger partial charge in [-0.25, -0.2) is 9.59 Å². The van der Waals surface area contributed by atoms with Crippen molar-refractivity contribution >= 4 is 24.0 Å². The van der Waals surface area contributed by atoms with Gasteiger partial charge in [0.05, 0.1) is 0 Å². The van der Waals surface area contributed by atoms with E-state index in [0.29, 0.717) is 11.3 Å². The van der Waals surface area contributed by atoms with Crippen LogP contribution in [0, 0.1) is 13.8 Å². The zero-order valence-corrected chi connectivity index (χ0v) is 13.2. The molecule has 2 rings (SSSR count). The molecule has 24 heavy (non-hydrogen) atoms. The highest BCUT2D eigenvalue weighted by Crippen LogP contribution is 2.15. The molecule has 0 amide bonds. The van der Waals surface area contributed by atoms with Crippen LogP contribution in [0.2, 0.25) is 0 Å². The summed E-state index contributed by atoms with van der Waals surface area (Å²) in [7, 11) is 0. The van der Waals surface area contributed by atoms with Crippen LogP contribution in [0.25, 0.3) is 0 Å². The van der Waals surface area contributed by atoms with Crippen molar-refractivity contribution in [3.63, 3.8) is 0 Å². The maximum Gasteiger partial charge on any atom is 0.377 e. The lowest BCUT2D eigenvalue weighted by Crippen LogP contribution is -2.13. The van der Waals surface area contributed by atoms with Crippen molar-refractivity contribution in [2.75, 3.05) is 0 Å². The molecule has 0 saturated heterocycles. The van der Waals surface area contributed by atoms with Crippen LogP contribution in [-0.4, -0.2) is 29.1 Å². The van der Waals surface area contributed by atoms with Gasteiger partial charge in [-0.15, -0.1) is 0 Å². The van der Waals surface area contributed by atoms with E-state index < -0.39 is 17.7 Å². The fourth-order valence-corrected chi connectivity index (χ4v) is 1.75. The largest absolute Gasteiger partial charge is 0.475 e. The van der Waals surface area contributed by atoms with E-state index >= 15 is 0 Å². The van der Waals surface area contributed by atoms with Crippen molar-refractivity contribution in [2.24, 2.45) is 0 Å². The molecule has 2 aromatic rings. The minimum atomic E-state index is -1.41. The van der Waals surface area contributed by atoms with Crippen LogP contribution in [-0.2, 0) is 14.4 Å². The molecule has 6 heteroatoms. The Morgan fingerprint density at radius 1 is 0.917 bits per heavy atom. The predicted molar refractivity (Wildman–Crippen MR) is 86.0 cm³/mol. The number of hydrogen-bond donors (Lipinski definition) is 1. The van der Waals surface area contributed by atoms with E-state index in [4.69, 9.17) is 5.11 Å². The van der Waals surface area contributed by atoms with Crippen molar-refractivity contribution in [2.45, 2.75) is 13.8 Å². The van der Waals surface area contributed by atoms with E-state index in [2.05, 4.69) is 4.74 Å². The number of ether oxygens (including phenoxy) is 1. The van der Waals surface area contributed by atoms with Gasteiger partial charge in [0.15, 0.2) is 0 Å². The monoisotopic (exact) mass is 328 g/mol. The molecule has 0 aliphatic heterocycles. The number of para-hydroxylation sites is 1. The molecule has 0 radical (unpaired) electrons. The Bertz CT molecular complexity index is 762. The summed E-state index contributed by atoms with van der Waals surface area (Å²) >= 11 is 0. The summed E-state index contributed by atoms with van der Waals surface area (Å²) in [6.45, 7) is 3.50. The number of aryl methyl sites for hydroxylation is 2. The normalized spacial score (nSPS) is 9.25. The number of benzene rings is 2. The summed E-state index contributed by atoms with van der Waals surface area (Å²) in [4.78, 5) is 41.8. The summed E-state index contributed by atoms with van der Waals surface area (Å²) in [6.07, 6.45) is 0.145. The first-order chi connectivity index (χ1) is 11.4. The lowest BCUT2D eigenvalue weighted by Gasteiger charge is -2.02. The fraction of sp³-hybridized carbons (Fsp3) is 0.111. The summed E-state index contributed by atoms with van der Waals surface area (Å²) < 4.78 is 4.69. The van der Waals surface area contributed by atoms with Crippen molar-refractivity contribution < 1.29 is 29.0 Å². The van der Waals surface area contributed by atoms with Gasteiger partial charge in [-0.3, -0.25) is 9.59 Å². The Balaban J connectivity index is 0.000000240. The molecule has 0 aliphatic rings. The van der Waals surface area contributed by atoms with Crippen molar-refractivity contribution in [3.8, 4) is 5.75 Å². The van der Waals surface area contributed by atoms with Crippen LogP contribution in [0.1, 0.15) is 21.5 Å². The quantitative estimate of drug-likeness (QED) is 0.304. The molecule has 0 heterocycles. The van der Waals surface area contributed by atoms with Gasteiger partial charge in [0.2, 0.25) is 6.29 Å². The third kappa shape index (κ3) is 5.49. The number of aliphatic carboxylic acids is 1. The maximum atomic E-state index is 11.0. The minimum absolute atomic E-state index is 0.145. The molecule has 1 N–H and O–H groups in total. The lowest BCUT2D eigenvalue weighted by atomic mass is 10.1. The number of ketones is 1. The molecule has 0 unspecified atom stereocenters. The predicted octanol–water partition coefficient (Wildman–Crippen LogP) is 2.36. The zero-order valence-electron chi connectivity index (χ0n) is 13.2. The second-order valence-corrected chi connectivity index (χ2v) is 4.75. The number of hydrogen-bond acceptors (Lipinski definition) is 5. The maximum absolute atomic E-state index is 11.0. The van der Waals surface area contributed by atoms with Gasteiger partial charge in [-0.2, -0.15) is 0 Å². The Hall–Kier alpha value is -3.28. The fourth-order valence-electron chi connectivity index (χ4n) is 1.75. The Labute approximate surface area is 138 Å². The number of carboxylic acid groups (broad SMARTS) is 1. The van der Waals surface area contributed by atoms with Gasteiger partial charge < -0.3 is 9.84 Å². The second kappa shape index (κ2) is 8.99. The Morgan fingerprint density at radius 2 is 1.46 bits per heavy atom. The van der Waals surface area contributed by atoms with Crippen molar-refractivity contribution in [1.82, 2.24) is 0 Å². The standard InChI is InChI=1S/2C9H8O3/c1-7-4-2-3-5-8(7)12-9(11)6-10;1-6-4-2-3-5-7(6)8(10)9(11)12/h2-6H,1H3;2-5H,1H3,(H,11,12). The van der Waals surface area contributed by atoms with E-state index in [9.17, 15) is 19.2 Å². The highest BCUT2D eigenvalue weighted by molar-refractivity contribution is 6.40. The Kier molecular flexibility index (Phi) is 7.03. The molecular weight excluding hydrogens is 312 g/mol. The van der Waals surface area contributed by atoms with Gasteiger partial charge >= 0.3 is 11.9 Å². The van der Waals surface area contributed by atoms with Crippen LogP contribution in [0.4, 0.5) is 0 Å². The summed E-state index contributed by atoms with van der Waals surface area (Å²) in [5.74, 6) is -2.71. The molecule has 0 atom stereocenters. The molecule has 2 aromatic carbocycles. The molecule has 0 aliphatic carbocycles. The molecule has 0 aromatic heterocycles. The van der Waals surface area contributed by atoms with E-state index in [-0.39, 0.29) is 11.8 Å². The number of esters is 1. The van der Waals surface area contributed by atoms with Crippen molar-refractivity contribution in [3.05, 3.63) is 65.2 Å². The third-order valence-corrected chi connectivity index (χ3v) is 2.98. The first-order valence-corrected chi connectivity index (χ1v) is 6.92. The molecule has 124 valence electrons. The number of carbonyl (C=O) groups excluding carboxylic acids is 3. The highest BCUT2D eigenvalue weighted by Gasteiger charge is 2.15. The van der Waals surface area contributed by atoms with Crippen LogP contribution < -0.4 is 4.74 Å². The van der Waals surface area contributed by atoms with Gasteiger partial charge in [-0.1, -0.05) is 42.5 Å². The van der Waals surface area contributed by atoms with E-state index in [1.165, 1.54) is 6.07 Å². The van der Waals surface area contributed by atoms with Crippen LogP contribution in [0.3, 0.4) is 0 Å². The average Bonchev–Trinajstić information content (AvgIpc) is 2.57.